The van der Waals surface area contributed by atoms with E-state index in [9.17, 15) is 0 Å². The molecule has 104 valence electrons. The molecule has 1 rings (SSSR count). The van der Waals surface area contributed by atoms with Gasteiger partial charge in [-0.15, -0.1) is 11.3 Å². The molecule has 1 unspecified atom stereocenters. The van der Waals surface area contributed by atoms with E-state index in [0.717, 1.165) is 30.9 Å². The highest BCUT2D eigenvalue weighted by Crippen LogP contribution is 2.29. The molecule has 0 spiro atoms. The zero-order valence-corrected chi connectivity index (χ0v) is 13.1. The number of thiazole rings is 1. The summed E-state index contributed by atoms with van der Waals surface area (Å²) >= 11 is 1.80. The van der Waals surface area contributed by atoms with Gasteiger partial charge in [0.25, 0.3) is 0 Å². The smallest absolute Gasteiger partial charge is 0.122 e. The summed E-state index contributed by atoms with van der Waals surface area (Å²) in [6.45, 7) is 10.7. The van der Waals surface area contributed by atoms with Gasteiger partial charge in [0.15, 0.2) is 0 Å². The fourth-order valence-corrected chi connectivity index (χ4v) is 3.13. The quantitative estimate of drug-likeness (QED) is 0.784. The fraction of sp³-hybridized carbons (Fsp3) is 0.786. The lowest BCUT2D eigenvalue weighted by atomic mass is 10.1. The van der Waals surface area contributed by atoms with Gasteiger partial charge >= 0.3 is 0 Å². The molecular weight excluding hydrogens is 244 g/mol. The predicted molar refractivity (Wildman–Crippen MR) is 78.1 cm³/mol. The van der Waals surface area contributed by atoms with Crippen LogP contribution in [0.25, 0.3) is 0 Å². The second-order valence-electron chi connectivity index (χ2n) is 4.93. The van der Waals surface area contributed by atoms with Crippen molar-refractivity contribution in [3.05, 3.63) is 15.6 Å². The van der Waals surface area contributed by atoms with Crippen molar-refractivity contribution >= 4 is 11.3 Å². The van der Waals surface area contributed by atoms with E-state index in [-0.39, 0.29) is 6.10 Å². The van der Waals surface area contributed by atoms with E-state index in [1.54, 1.807) is 18.4 Å². The lowest BCUT2D eigenvalue weighted by Crippen LogP contribution is -2.12. The van der Waals surface area contributed by atoms with Gasteiger partial charge in [-0.2, -0.15) is 0 Å². The van der Waals surface area contributed by atoms with Crippen molar-refractivity contribution < 1.29 is 4.74 Å². The zero-order valence-electron chi connectivity index (χ0n) is 12.2. The monoisotopic (exact) mass is 270 g/mol. The highest BCUT2D eigenvalue weighted by atomic mass is 32.1. The molecule has 1 N–H and O–H groups in total. The molecular formula is C14H26N2OS. The first-order valence-electron chi connectivity index (χ1n) is 6.84. The summed E-state index contributed by atoms with van der Waals surface area (Å²) in [7, 11) is 1.77. The second kappa shape index (κ2) is 7.87. The number of ether oxygens (including phenoxy) is 1. The first-order chi connectivity index (χ1) is 8.62. The van der Waals surface area contributed by atoms with Crippen LogP contribution in [0, 0.1) is 5.92 Å². The van der Waals surface area contributed by atoms with Crippen LogP contribution >= 0.6 is 11.3 Å². The summed E-state index contributed by atoms with van der Waals surface area (Å²) in [5, 5.41) is 4.52. The van der Waals surface area contributed by atoms with Gasteiger partial charge < -0.3 is 10.1 Å². The minimum absolute atomic E-state index is 0.149. The number of rotatable bonds is 8. The van der Waals surface area contributed by atoms with E-state index in [1.165, 1.54) is 10.6 Å². The summed E-state index contributed by atoms with van der Waals surface area (Å²) in [4.78, 5) is 6.17. The maximum Gasteiger partial charge on any atom is 0.122 e. The molecule has 0 aliphatic heterocycles. The Hall–Kier alpha value is -0.450. The normalized spacial score (nSPS) is 13.2. The van der Waals surface area contributed by atoms with Crippen molar-refractivity contribution in [2.24, 2.45) is 5.92 Å². The minimum atomic E-state index is 0.149. The Morgan fingerprint density at radius 1 is 1.33 bits per heavy atom. The van der Waals surface area contributed by atoms with E-state index in [1.807, 2.05) is 0 Å². The second-order valence-corrected chi connectivity index (χ2v) is 6.05. The molecule has 0 fully saturated rings. The summed E-state index contributed by atoms with van der Waals surface area (Å²) in [6, 6.07) is 0. The number of hydrogen-bond acceptors (Lipinski definition) is 4. The molecule has 0 bridgehead atoms. The first-order valence-corrected chi connectivity index (χ1v) is 7.65. The minimum Gasteiger partial charge on any atom is -0.374 e. The summed E-state index contributed by atoms with van der Waals surface area (Å²) < 4.78 is 5.49. The lowest BCUT2D eigenvalue weighted by molar-refractivity contribution is 0.0996. The average Bonchev–Trinajstić information content (AvgIpc) is 2.70. The summed E-state index contributed by atoms with van der Waals surface area (Å²) in [5.41, 5.74) is 1.25. The maximum absolute atomic E-state index is 5.49. The van der Waals surface area contributed by atoms with Crippen LogP contribution in [-0.4, -0.2) is 18.6 Å². The third-order valence-electron chi connectivity index (χ3n) is 2.86. The molecule has 0 aliphatic carbocycles. The van der Waals surface area contributed by atoms with Crippen molar-refractivity contribution in [3.8, 4) is 0 Å². The fourth-order valence-electron chi connectivity index (χ4n) is 1.91. The molecule has 4 heteroatoms. The van der Waals surface area contributed by atoms with Crippen LogP contribution in [0.1, 0.15) is 55.8 Å². The highest BCUT2D eigenvalue weighted by molar-refractivity contribution is 7.11. The Balaban J connectivity index is 2.90. The van der Waals surface area contributed by atoms with Crippen molar-refractivity contribution in [1.82, 2.24) is 10.3 Å². The van der Waals surface area contributed by atoms with Crippen molar-refractivity contribution in [2.45, 2.75) is 53.2 Å². The molecule has 0 radical (unpaired) electrons. The van der Waals surface area contributed by atoms with Crippen molar-refractivity contribution in [3.63, 3.8) is 0 Å². The Labute approximate surface area is 115 Å². The maximum atomic E-state index is 5.49. The Kier molecular flexibility index (Phi) is 6.82. The lowest BCUT2D eigenvalue weighted by Gasteiger charge is -2.08. The van der Waals surface area contributed by atoms with Crippen LogP contribution < -0.4 is 5.32 Å². The Morgan fingerprint density at radius 3 is 2.56 bits per heavy atom. The van der Waals surface area contributed by atoms with Gasteiger partial charge in [-0.05, 0) is 25.3 Å². The van der Waals surface area contributed by atoms with Gasteiger partial charge in [0.1, 0.15) is 11.1 Å². The molecule has 0 saturated heterocycles. The van der Waals surface area contributed by atoms with Gasteiger partial charge in [-0.25, -0.2) is 4.98 Å². The Bertz CT molecular complexity index is 346. The number of methoxy groups -OCH3 is 1. The van der Waals surface area contributed by atoms with Crippen molar-refractivity contribution in [1.29, 1.82) is 0 Å². The van der Waals surface area contributed by atoms with Gasteiger partial charge in [0.2, 0.25) is 0 Å². The van der Waals surface area contributed by atoms with Gasteiger partial charge in [-0.3, -0.25) is 0 Å². The molecule has 18 heavy (non-hydrogen) atoms. The van der Waals surface area contributed by atoms with E-state index < -0.39 is 0 Å². The van der Waals surface area contributed by atoms with E-state index >= 15 is 0 Å². The number of nitrogens with zero attached hydrogens (tertiary/aromatic N) is 1. The van der Waals surface area contributed by atoms with Crippen LogP contribution in [0.5, 0.6) is 0 Å². The van der Waals surface area contributed by atoms with E-state index in [4.69, 9.17) is 9.72 Å². The molecule has 1 atom stereocenters. The van der Waals surface area contributed by atoms with Crippen molar-refractivity contribution in [2.75, 3.05) is 13.7 Å². The molecule has 0 aromatic carbocycles. The Morgan fingerprint density at radius 2 is 2.06 bits per heavy atom. The van der Waals surface area contributed by atoms with Crippen LogP contribution in [0.3, 0.4) is 0 Å². The van der Waals surface area contributed by atoms with Gasteiger partial charge in [-0.1, -0.05) is 27.7 Å². The third-order valence-corrected chi connectivity index (χ3v) is 4.05. The van der Waals surface area contributed by atoms with Crippen LogP contribution in [0.15, 0.2) is 0 Å². The molecule has 0 saturated carbocycles. The standard InChI is InChI=1S/C14H26N2OS/c1-6-12(17-5)14-16-11(8-10(3)4)13(18-14)9-15-7-2/h10,12,15H,6-9H2,1-5H3. The summed E-state index contributed by atoms with van der Waals surface area (Å²) in [5.74, 6) is 0.642. The molecule has 3 nitrogen and oxygen atoms in total. The third kappa shape index (κ3) is 4.34. The number of aromatic nitrogens is 1. The van der Waals surface area contributed by atoms with E-state index in [0.29, 0.717) is 5.92 Å². The van der Waals surface area contributed by atoms with Gasteiger partial charge in [0, 0.05) is 18.5 Å². The average molecular weight is 270 g/mol. The van der Waals surface area contributed by atoms with Crippen LogP contribution in [0.2, 0.25) is 0 Å². The van der Waals surface area contributed by atoms with Crippen LogP contribution in [-0.2, 0) is 17.7 Å². The number of nitrogens with one attached hydrogen (secondary N) is 1. The van der Waals surface area contributed by atoms with Gasteiger partial charge in [0.05, 0.1) is 5.69 Å². The first kappa shape index (κ1) is 15.6. The van der Waals surface area contributed by atoms with E-state index in [2.05, 4.69) is 33.0 Å². The predicted octanol–water partition coefficient (Wildman–Crippen LogP) is 3.55. The summed E-state index contributed by atoms with van der Waals surface area (Å²) in [6.07, 6.45) is 2.18. The molecule has 0 aliphatic rings. The SMILES string of the molecule is CCNCc1sc(C(CC)OC)nc1CC(C)C. The molecule has 0 amide bonds. The number of hydrogen-bond donors (Lipinski definition) is 1. The largest absolute Gasteiger partial charge is 0.374 e. The molecule has 1 heterocycles. The van der Waals surface area contributed by atoms with Crippen LogP contribution in [0.4, 0.5) is 0 Å². The highest BCUT2D eigenvalue weighted by Gasteiger charge is 2.17. The molecule has 1 aromatic rings. The topological polar surface area (TPSA) is 34.1 Å². The zero-order chi connectivity index (χ0) is 13.5. The molecule has 1 aromatic heterocycles.